The first-order chi connectivity index (χ1) is 6.68. The first-order valence-electron chi connectivity index (χ1n) is 3.83. The van der Waals surface area contributed by atoms with Crippen LogP contribution in [0.25, 0.3) is 0 Å². The molecule has 2 rings (SSSR count). The SMILES string of the molecule is OC(c1csc(I)c1)c1sccc1Br. The lowest BCUT2D eigenvalue weighted by Gasteiger charge is -2.06. The molecule has 1 unspecified atom stereocenters. The summed E-state index contributed by atoms with van der Waals surface area (Å²) in [5, 5.41) is 14.0. The fourth-order valence-corrected chi connectivity index (χ4v) is 4.11. The van der Waals surface area contributed by atoms with Crippen molar-refractivity contribution in [2.45, 2.75) is 6.10 Å². The highest BCUT2D eigenvalue weighted by Gasteiger charge is 2.15. The topological polar surface area (TPSA) is 20.2 Å². The molecule has 0 aromatic carbocycles. The molecular weight excluding hydrogens is 395 g/mol. The Kier molecular flexibility index (Phi) is 3.64. The minimum absolute atomic E-state index is 0.496. The standard InChI is InChI=1S/C9H6BrIOS2/c10-6-1-2-13-9(6)8(12)5-3-7(11)14-4-5/h1-4,8,12H. The van der Waals surface area contributed by atoms with Crippen molar-refractivity contribution in [3.63, 3.8) is 0 Å². The van der Waals surface area contributed by atoms with E-state index < -0.39 is 6.10 Å². The lowest BCUT2D eigenvalue weighted by Crippen LogP contribution is -1.95. The average molecular weight is 401 g/mol. The van der Waals surface area contributed by atoms with Gasteiger partial charge < -0.3 is 5.11 Å². The second kappa shape index (κ2) is 4.61. The van der Waals surface area contributed by atoms with Crippen LogP contribution < -0.4 is 0 Å². The normalized spacial score (nSPS) is 13.1. The smallest absolute Gasteiger partial charge is 0.115 e. The predicted molar refractivity (Wildman–Crippen MR) is 73.1 cm³/mol. The number of aliphatic hydroxyl groups excluding tert-OH is 1. The van der Waals surface area contributed by atoms with E-state index in [0.717, 1.165) is 14.9 Å². The summed E-state index contributed by atoms with van der Waals surface area (Å²) in [5.41, 5.74) is 0.975. The van der Waals surface area contributed by atoms with E-state index in [4.69, 9.17) is 0 Å². The van der Waals surface area contributed by atoms with Gasteiger partial charge in [-0.25, -0.2) is 0 Å². The summed E-state index contributed by atoms with van der Waals surface area (Å²) in [6.45, 7) is 0. The number of thiophene rings is 2. The van der Waals surface area contributed by atoms with Crippen LogP contribution in [0.4, 0.5) is 0 Å². The van der Waals surface area contributed by atoms with Crippen LogP contribution in [-0.2, 0) is 0 Å². The van der Waals surface area contributed by atoms with E-state index in [9.17, 15) is 5.11 Å². The number of aliphatic hydroxyl groups is 1. The fraction of sp³-hybridized carbons (Fsp3) is 0.111. The maximum absolute atomic E-state index is 10.1. The zero-order chi connectivity index (χ0) is 10.1. The molecule has 0 bridgehead atoms. The molecule has 0 spiro atoms. The summed E-state index contributed by atoms with van der Waals surface area (Å²) in [6.07, 6.45) is -0.496. The zero-order valence-corrected chi connectivity index (χ0v) is 12.3. The summed E-state index contributed by atoms with van der Waals surface area (Å²) in [6, 6.07) is 3.97. The Morgan fingerprint density at radius 1 is 1.43 bits per heavy atom. The van der Waals surface area contributed by atoms with Gasteiger partial charge in [-0.05, 0) is 67.0 Å². The van der Waals surface area contributed by atoms with Crippen LogP contribution in [-0.4, -0.2) is 5.11 Å². The highest BCUT2D eigenvalue weighted by atomic mass is 127. The van der Waals surface area contributed by atoms with E-state index in [1.54, 1.807) is 22.7 Å². The molecule has 2 aromatic rings. The predicted octanol–water partition coefficient (Wildman–Crippen LogP) is 4.26. The molecule has 2 aromatic heterocycles. The summed E-state index contributed by atoms with van der Waals surface area (Å²) in [4.78, 5) is 0.971. The van der Waals surface area contributed by atoms with Gasteiger partial charge in [-0.2, -0.15) is 0 Å². The van der Waals surface area contributed by atoms with Crippen molar-refractivity contribution < 1.29 is 5.11 Å². The molecule has 5 heteroatoms. The van der Waals surface area contributed by atoms with E-state index in [0.29, 0.717) is 0 Å². The van der Waals surface area contributed by atoms with Gasteiger partial charge in [-0.3, -0.25) is 0 Å². The summed E-state index contributed by atoms with van der Waals surface area (Å²) < 4.78 is 2.18. The van der Waals surface area contributed by atoms with Gasteiger partial charge in [0.15, 0.2) is 0 Å². The largest absolute Gasteiger partial charge is 0.383 e. The highest BCUT2D eigenvalue weighted by molar-refractivity contribution is 14.1. The summed E-state index contributed by atoms with van der Waals surface area (Å²) >= 11 is 8.90. The Morgan fingerprint density at radius 2 is 2.21 bits per heavy atom. The molecule has 0 amide bonds. The Balaban J connectivity index is 2.33. The Labute approximate surface area is 112 Å². The molecule has 1 nitrogen and oxygen atoms in total. The number of hydrogen-bond donors (Lipinski definition) is 1. The molecule has 1 N–H and O–H groups in total. The van der Waals surface area contributed by atoms with Gasteiger partial charge in [-0.1, -0.05) is 0 Å². The maximum Gasteiger partial charge on any atom is 0.115 e. The van der Waals surface area contributed by atoms with Crippen molar-refractivity contribution in [2.75, 3.05) is 0 Å². The van der Waals surface area contributed by atoms with Crippen LogP contribution in [0, 0.1) is 2.88 Å². The molecule has 0 saturated carbocycles. The van der Waals surface area contributed by atoms with Crippen LogP contribution in [0.1, 0.15) is 16.5 Å². The van der Waals surface area contributed by atoms with Crippen molar-refractivity contribution in [1.82, 2.24) is 0 Å². The summed E-state index contributed by atoms with van der Waals surface area (Å²) in [7, 11) is 0. The van der Waals surface area contributed by atoms with Crippen LogP contribution in [0.5, 0.6) is 0 Å². The number of rotatable bonds is 2. The van der Waals surface area contributed by atoms with E-state index in [1.807, 2.05) is 22.9 Å². The number of halogens is 2. The minimum Gasteiger partial charge on any atom is -0.383 e. The third-order valence-electron chi connectivity index (χ3n) is 1.80. The van der Waals surface area contributed by atoms with Crippen molar-refractivity contribution in [2.24, 2.45) is 0 Å². The van der Waals surface area contributed by atoms with Crippen LogP contribution in [0.2, 0.25) is 0 Å². The van der Waals surface area contributed by atoms with Crippen molar-refractivity contribution in [1.29, 1.82) is 0 Å². The van der Waals surface area contributed by atoms with Gasteiger partial charge in [0, 0.05) is 4.47 Å². The zero-order valence-electron chi connectivity index (χ0n) is 6.91. The van der Waals surface area contributed by atoms with Gasteiger partial charge in [0.05, 0.1) is 7.76 Å². The van der Waals surface area contributed by atoms with E-state index in [-0.39, 0.29) is 0 Å². The Morgan fingerprint density at radius 3 is 2.71 bits per heavy atom. The van der Waals surface area contributed by atoms with Gasteiger partial charge in [0.2, 0.25) is 0 Å². The minimum atomic E-state index is -0.496. The Bertz CT molecular complexity index is 437. The average Bonchev–Trinajstić information content (AvgIpc) is 2.73. The van der Waals surface area contributed by atoms with Crippen LogP contribution in [0.3, 0.4) is 0 Å². The lowest BCUT2D eigenvalue weighted by atomic mass is 10.2. The lowest BCUT2D eigenvalue weighted by molar-refractivity contribution is 0.224. The molecule has 14 heavy (non-hydrogen) atoms. The van der Waals surface area contributed by atoms with Gasteiger partial charge in [-0.15, -0.1) is 22.7 Å². The van der Waals surface area contributed by atoms with Crippen LogP contribution in [0.15, 0.2) is 27.4 Å². The third-order valence-corrected chi connectivity index (χ3v) is 5.53. The van der Waals surface area contributed by atoms with Crippen LogP contribution >= 0.6 is 61.2 Å². The molecule has 0 radical (unpaired) electrons. The molecule has 0 saturated heterocycles. The van der Waals surface area contributed by atoms with E-state index >= 15 is 0 Å². The fourth-order valence-electron chi connectivity index (χ4n) is 1.12. The molecule has 0 aliphatic carbocycles. The quantitative estimate of drug-likeness (QED) is 0.746. The molecular formula is C9H6BrIOS2. The first-order valence-corrected chi connectivity index (χ1v) is 7.46. The first kappa shape index (κ1) is 11.1. The molecule has 1 atom stereocenters. The molecule has 0 aliphatic heterocycles. The Hall–Kier alpha value is 0.570. The molecule has 0 aliphatic rings. The molecule has 0 fully saturated rings. The second-order valence-electron chi connectivity index (χ2n) is 2.72. The maximum atomic E-state index is 10.1. The van der Waals surface area contributed by atoms with E-state index in [1.165, 1.54) is 2.88 Å². The van der Waals surface area contributed by atoms with Crippen molar-refractivity contribution in [3.05, 3.63) is 40.7 Å². The highest BCUT2D eigenvalue weighted by Crippen LogP contribution is 2.34. The van der Waals surface area contributed by atoms with Crippen molar-refractivity contribution >= 4 is 61.2 Å². The summed E-state index contributed by atoms with van der Waals surface area (Å²) in [5.74, 6) is 0. The van der Waals surface area contributed by atoms with Crippen molar-refractivity contribution in [3.8, 4) is 0 Å². The monoisotopic (exact) mass is 400 g/mol. The number of hydrogen-bond acceptors (Lipinski definition) is 3. The van der Waals surface area contributed by atoms with Gasteiger partial charge >= 0.3 is 0 Å². The van der Waals surface area contributed by atoms with E-state index in [2.05, 4.69) is 38.5 Å². The second-order valence-corrected chi connectivity index (χ2v) is 7.33. The van der Waals surface area contributed by atoms with Gasteiger partial charge in [0.1, 0.15) is 6.10 Å². The van der Waals surface area contributed by atoms with Gasteiger partial charge in [0.25, 0.3) is 0 Å². The molecule has 2 heterocycles. The molecule has 74 valence electrons. The third kappa shape index (κ3) is 2.21.